The first-order valence-corrected chi connectivity index (χ1v) is 9.62. The number of fused-ring (bicyclic) bond motifs is 1. The fourth-order valence-electron chi connectivity index (χ4n) is 2.16. The minimum Gasteiger partial charge on any atom is -0.726 e. The molecule has 0 N–H and O–H groups in total. The van der Waals surface area contributed by atoms with E-state index in [1.54, 1.807) is 0 Å². The SMILES string of the molecule is COc1cc2oc(C)c(C(=O)OCCOS(=O)(=O)[O-])c2cc1OS(=O)(=O)[O-]. The third-order valence-corrected chi connectivity index (χ3v) is 3.93. The predicted octanol–water partition coefficient (Wildman–Crippen LogP) is 0.222. The molecule has 0 saturated carbocycles. The lowest BCUT2D eigenvalue weighted by atomic mass is 10.1. The van der Waals surface area contributed by atoms with E-state index in [9.17, 15) is 30.7 Å². The van der Waals surface area contributed by atoms with Gasteiger partial charge < -0.3 is 27.2 Å². The summed E-state index contributed by atoms with van der Waals surface area (Å²) in [5.74, 6) is -1.50. The molecule has 0 spiro atoms. The summed E-state index contributed by atoms with van der Waals surface area (Å²) in [6.45, 7) is 0.163. The second-order valence-corrected chi connectivity index (χ2v) is 6.93. The Morgan fingerprint density at radius 3 is 2.30 bits per heavy atom. The molecule has 0 fully saturated rings. The van der Waals surface area contributed by atoms with Gasteiger partial charge in [-0.15, -0.1) is 0 Å². The van der Waals surface area contributed by atoms with Crippen molar-refractivity contribution in [1.29, 1.82) is 0 Å². The van der Waals surface area contributed by atoms with E-state index in [4.69, 9.17) is 13.9 Å². The maximum absolute atomic E-state index is 12.2. The number of hydrogen-bond donors (Lipinski definition) is 0. The van der Waals surface area contributed by atoms with Gasteiger partial charge in [0, 0.05) is 11.5 Å². The van der Waals surface area contributed by atoms with Crippen LogP contribution in [0.1, 0.15) is 16.1 Å². The number of esters is 1. The number of rotatable bonds is 8. The molecule has 0 unspecified atom stereocenters. The van der Waals surface area contributed by atoms with Crippen molar-refractivity contribution in [3.63, 3.8) is 0 Å². The molecule has 0 aliphatic rings. The van der Waals surface area contributed by atoms with Crippen LogP contribution >= 0.6 is 0 Å². The quantitative estimate of drug-likeness (QED) is 0.244. The molecule has 1 aromatic carbocycles. The highest BCUT2D eigenvalue weighted by molar-refractivity contribution is 7.81. The van der Waals surface area contributed by atoms with E-state index in [1.807, 2.05) is 0 Å². The molecule has 2 aromatic rings. The molecule has 12 nitrogen and oxygen atoms in total. The number of hydrogen-bond acceptors (Lipinski definition) is 12. The molecule has 0 atom stereocenters. The van der Waals surface area contributed by atoms with Crippen LogP contribution in [0.5, 0.6) is 11.5 Å². The van der Waals surface area contributed by atoms with Gasteiger partial charge in [0.1, 0.15) is 23.5 Å². The van der Waals surface area contributed by atoms with Crippen LogP contribution in [-0.4, -0.2) is 52.2 Å². The van der Waals surface area contributed by atoms with Gasteiger partial charge >= 0.3 is 5.97 Å². The normalized spacial score (nSPS) is 12.1. The van der Waals surface area contributed by atoms with E-state index < -0.39 is 45.7 Å². The fourth-order valence-corrected chi connectivity index (χ4v) is 2.78. The Balaban J connectivity index is 2.34. The number of aryl methyl sites for hydroxylation is 1. The molecule has 1 aromatic heterocycles. The molecule has 0 amide bonds. The number of furan rings is 1. The first-order chi connectivity index (χ1) is 12.4. The lowest BCUT2D eigenvalue weighted by molar-refractivity contribution is 0.0444. The molecule has 0 bridgehead atoms. The monoisotopic (exact) mass is 424 g/mol. The molecule has 27 heavy (non-hydrogen) atoms. The van der Waals surface area contributed by atoms with Crippen molar-refractivity contribution in [2.75, 3.05) is 20.3 Å². The van der Waals surface area contributed by atoms with Crippen molar-refractivity contribution in [2.24, 2.45) is 0 Å². The second-order valence-electron chi connectivity index (χ2n) is 4.89. The molecule has 0 aliphatic carbocycles. The standard InChI is InChI=1S/C13H14O12S2/c1-7-12(13(14)22-3-4-23-26(15,16)17)8-5-11(25-27(18,19)20)10(21-2)6-9(8)24-7/h5-6H,3-4H2,1-2H3,(H,15,16,17)(H,18,19,20)/p-2. The van der Waals surface area contributed by atoms with Crippen molar-refractivity contribution >= 4 is 37.7 Å². The summed E-state index contributed by atoms with van der Waals surface area (Å²) in [7, 11) is -8.85. The van der Waals surface area contributed by atoms with Crippen molar-refractivity contribution in [2.45, 2.75) is 6.92 Å². The molecule has 1 heterocycles. The van der Waals surface area contributed by atoms with E-state index in [2.05, 4.69) is 8.37 Å². The number of carbonyl (C=O) groups is 1. The van der Waals surface area contributed by atoms with Gasteiger partial charge in [0.2, 0.25) is 10.4 Å². The number of benzene rings is 1. The zero-order valence-electron chi connectivity index (χ0n) is 13.8. The summed E-state index contributed by atoms with van der Waals surface area (Å²) in [6, 6.07) is 2.24. The number of ether oxygens (including phenoxy) is 2. The minimum absolute atomic E-state index is 0.0503. The predicted molar refractivity (Wildman–Crippen MR) is 83.8 cm³/mol. The van der Waals surface area contributed by atoms with E-state index in [-0.39, 0.29) is 28.0 Å². The minimum atomic E-state index is -5.12. The Kier molecular flexibility index (Phi) is 5.96. The van der Waals surface area contributed by atoms with Gasteiger partial charge in [-0.2, -0.15) is 0 Å². The Hall–Kier alpha value is -2.39. The molecule has 150 valence electrons. The molecule has 2 rings (SSSR count). The lowest BCUT2D eigenvalue weighted by Gasteiger charge is -2.12. The molecule has 14 heteroatoms. The topological polar surface area (TPSA) is 182 Å². The van der Waals surface area contributed by atoms with Crippen molar-refractivity contribution in [3.8, 4) is 11.5 Å². The lowest BCUT2D eigenvalue weighted by Crippen LogP contribution is -2.14. The van der Waals surface area contributed by atoms with Crippen LogP contribution in [0.3, 0.4) is 0 Å². The third kappa shape index (κ3) is 5.54. The zero-order valence-corrected chi connectivity index (χ0v) is 15.4. The summed E-state index contributed by atoms with van der Waals surface area (Å²) in [6.07, 6.45) is 0. The van der Waals surface area contributed by atoms with Crippen molar-refractivity contribution in [1.82, 2.24) is 0 Å². The van der Waals surface area contributed by atoms with Gasteiger partial charge in [-0.25, -0.2) is 21.6 Å². The Bertz CT molecular complexity index is 1060. The molecule has 0 aliphatic heterocycles. The third-order valence-electron chi connectivity index (χ3n) is 3.09. The van der Waals surface area contributed by atoms with E-state index in [0.717, 1.165) is 6.07 Å². The molecule has 0 radical (unpaired) electrons. The van der Waals surface area contributed by atoms with Crippen LogP contribution in [0.25, 0.3) is 11.0 Å². The Morgan fingerprint density at radius 1 is 1.07 bits per heavy atom. The van der Waals surface area contributed by atoms with Gasteiger partial charge in [-0.05, 0) is 13.0 Å². The fraction of sp³-hybridized carbons (Fsp3) is 0.308. The van der Waals surface area contributed by atoms with Crippen LogP contribution in [0, 0.1) is 6.92 Å². The maximum atomic E-state index is 12.2. The van der Waals surface area contributed by atoms with Gasteiger partial charge in [0.25, 0.3) is 10.4 Å². The van der Waals surface area contributed by atoms with Gasteiger partial charge in [-0.3, -0.25) is 4.18 Å². The first-order valence-electron chi connectivity index (χ1n) is 6.95. The molecular formula is C13H12O12S2-2. The Labute approximate surface area is 153 Å². The summed E-state index contributed by atoms with van der Waals surface area (Å²) < 4.78 is 86.7. The van der Waals surface area contributed by atoms with E-state index >= 15 is 0 Å². The van der Waals surface area contributed by atoms with Crippen LogP contribution in [0.15, 0.2) is 16.5 Å². The summed E-state index contributed by atoms with van der Waals surface area (Å²) in [5.41, 5.74) is -0.0314. The highest BCUT2D eigenvalue weighted by atomic mass is 32.3. The number of methoxy groups -OCH3 is 1. The second kappa shape index (κ2) is 7.69. The smallest absolute Gasteiger partial charge is 0.342 e. The van der Waals surface area contributed by atoms with E-state index in [0.29, 0.717) is 0 Å². The summed E-state index contributed by atoms with van der Waals surface area (Å²) in [4.78, 5) is 12.2. The molecular weight excluding hydrogens is 412 g/mol. The highest BCUT2D eigenvalue weighted by Gasteiger charge is 2.23. The summed E-state index contributed by atoms with van der Waals surface area (Å²) >= 11 is 0. The number of carbonyl (C=O) groups excluding carboxylic acids is 1. The van der Waals surface area contributed by atoms with E-state index in [1.165, 1.54) is 20.1 Å². The average molecular weight is 424 g/mol. The highest BCUT2D eigenvalue weighted by Crippen LogP contribution is 2.37. The molecule has 0 saturated heterocycles. The van der Waals surface area contributed by atoms with Crippen molar-refractivity contribution < 1.29 is 53.0 Å². The Morgan fingerprint density at radius 2 is 1.74 bits per heavy atom. The van der Waals surface area contributed by atoms with Crippen LogP contribution < -0.4 is 8.92 Å². The van der Waals surface area contributed by atoms with Gasteiger partial charge in [0.05, 0.1) is 13.7 Å². The average Bonchev–Trinajstić information content (AvgIpc) is 2.83. The van der Waals surface area contributed by atoms with Gasteiger partial charge in [-0.1, -0.05) is 0 Å². The van der Waals surface area contributed by atoms with Crippen LogP contribution in [0.4, 0.5) is 0 Å². The van der Waals surface area contributed by atoms with Crippen molar-refractivity contribution in [3.05, 3.63) is 23.5 Å². The van der Waals surface area contributed by atoms with Crippen LogP contribution in [0.2, 0.25) is 0 Å². The van der Waals surface area contributed by atoms with Gasteiger partial charge in [0.15, 0.2) is 11.5 Å². The first kappa shape index (κ1) is 20.9. The maximum Gasteiger partial charge on any atom is 0.342 e. The van der Waals surface area contributed by atoms with Crippen LogP contribution in [-0.2, 0) is 29.7 Å². The zero-order chi connectivity index (χ0) is 20.4. The summed E-state index contributed by atoms with van der Waals surface area (Å²) in [5, 5.41) is 0.0503. The largest absolute Gasteiger partial charge is 0.726 e.